The number of carboxylic acids is 1. The quantitative estimate of drug-likeness (QED) is 0.868. The molecule has 1 aliphatic heterocycles. The Kier molecular flexibility index (Phi) is 4.15. The van der Waals surface area contributed by atoms with Crippen molar-refractivity contribution in [2.45, 2.75) is 24.2 Å². The highest BCUT2D eigenvalue weighted by Gasteiger charge is 2.60. The Labute approximate surface area is 152 Å². The highest BCUT2D eigenvalue weighted by Crippen LogP contribution is 2.60. The van der Waals surface area contributed by atoms with Gasteiger partial charge in [0.2, 0.25) is 5.91 Å². The molecule has 0 radical (unpaired) electrons. The summed E-state index contributed by atoms with van der Waals surface area (Å²) in [6.45, 7) is 0.714. The van der Waals surface area contributed by atoms with Gasteiger partial charge in [-0.15, -0.1) is 0 Å². The van der Waals surface area contributed by atoms with Crippen molar-refractivity contribution in [1.29, 1.82) is 0 Å². The van der Waals surface area contributed by atoms with Crippen molar-refractivity contribution >= 4 is 11.9 Å². The van der Waals surface area contributed by atoms with Gasteiger partial charge >= 0.3 is 5.97 Å². The van der Waals surface area contributed by atoms with E-state index < -0.39 is 11.9 Å². The number of nitrogens with one attached hydrogen (secondary N) is 1. The molecular formula is C21H21NO4. The summed E-state index contributed by atoms with van der Waals surface area (Å²) in [4.78, 5) is 24.3. The lowest BCUT2D eigenvalue weighted by Gasteiger charge is -2.26. The molecule has 4 rings (SSSR count). The average molecular weight is 351 g/mol. The fraction of sp³-hybridized carbons (Fsp3) is 0.333. The molecule has 1 fully saturated rings. The summed E-state index contributed by atoms with van der Waals surface area (Å²) in [5, 5.41) is 12.4. The molecule has 1 saturated carbocycles. The first-order chi connectivity index (χ1) is 12.6. The molecule has 1 amide bonds. The van der Waals surface area contributed by atoms with Gasteiger partial charge in [-0.05, 0) is 24.5 Å². The van der Waals surface area contributed by atoms with Crippen LogP contribution >= 0.6 is 0 Å². The first kappa shape index (κ1) is 16.6. The first-order valence-corrected chi connectivity index (χ1v) is 8.89. The predicted molar refractivity (Wildman–Crippen MR) is 96.2 cm³/mol. The third kappa shape index (κ3) is 2.83. The number of benzene rings is 2. The minimum atomic E-state index is -0.932. The minimum absolute atomic E-state index is 0.0658. The highest BCUT2D eigenvalue weighted by molar-refractivity contribution is 5.86. The normalized spacial score (nSPS) is 24.2. The van der Waals surface area contributed by atoms with E-state index >= 15 is 0 Å². The lowest BCUT2D eigenvalue weighted by atomic mass is 9.87. The van der Waals surface area contributed by atoms with Crippen LogP contribution in [-0.2, 0) is 15.0 Å². The van der Waals surface area contributed by atoms with E-state index in [2.05, 4.69) is 5.32 Å². The molecule has 134 valence electrons. The molecule has 3 atom stereocenters. The smallest absolute Gasteiger partial charge is 0.312 e. The third-order valence-electron chi connectivity index (χ3n) is 5.60. The highest BCUT2D eigenvalue weighted by atomic mass is 16.5. The lowest BCUT2D eigenvalue weighted by Crippen LogP contribution is -2.35. The predicted octanol–water partition coefficient (Wildman–Crippen LogP) is 2.71. The van der Waals surface area contributed by atoms with Gasteiger partial charge < -0.3 is 15.2 Å². The van der Waals surface area contributed by atoms with E-state index in [1.54, 1.807) is 12.1 Å². The Hall–Kier alpha value is -2.82. The van der Waals surface area contributed by atoms with Crippen LogP contribution in [0.1, 0.15) is 29.9 Å². The van der Waals surface area contributed by atoms with E-state index in [4.69, 9.17) is 4.74 Å². The van der Waals surface area contributed by atoms with E-state index in [0.717, 1.165) is 24.2 Å². The number of fused-ring (bicyclic) bond motifs is 2. The largest absolute Gasteiger partial charge is 0.493 e. The molecule has 5 heteroatoms. The molecule has 0 bridgehead atoms. The Morgan fingerprint density at radius 2 is 1.88 bits per heavy atom. The van der Waals surface area contributed by atoms with Gasteiger partial charge in [-0.25, -0.2) is 0 Å². The zero-order chi connectivity index (χ0) is 18.1. The van der Waals surface area contributed by atoms with Crippen molar-refractivity contribution in [2.24, 2.45) is 5.92 Å². The van der Waals surface area contributed by atoms with Gasteiger partial charge in [-0.2, -0.15) is 0 Å². The Bertz CT molecular complexity index is 835. The Morgan fingerprint density at radius 1 is 1.15 bits per heavy atom. The van der Waals surface area contributed by atoms with E-state index in [-0.39, 0.29) is 23.8 Å². The standard InChI is InChI=1S/C21H21NO4/c23-19(22-13-15(20(24)25)14-6-2-1-3-7-14)17-12-21(17)10-11-26-18-9-5-4-8-16(18)21/h1-9,15,17H,10-13H2,(H,22,23)(H,24,25)/t15?,17-,21-/m0/s1. The van der Waals surface area contributed by atoms with Crippen LogP contribution in [-0.4, -0.2) is 30.1 Å². The van der Waals surface area contributed by atoms with Gasteiger partial charge in [-0.1, -0.05) is 48.5 Å². The van der Waals surface area contributed by atoms with Crippen LogP contribution in [0.3, 0.4) is 0 Å². The van der Waals surface area contributed by atoms with Crippen molar-refractivity contribution in [3.05, 3.63) is 65.7 Å². The molecular weight excluding hydrogens is 330 g/mol. The van der Waals surface area contributed by atoms with Crippen molar-refractivity contribution in [3.8, 4) is 5.75 Å². The van der Waals surface area contributed by atoms with E-state index in [1.165, 1.54) is 0 Å². The number of hydrogen-bond donors (Lipinski definition) is 2. The van der Waals surface area contributed by atoms with Crippen molar-refractivity contribution in [3.63, 3.8) is 0 Å². The van der Waals surface area contributed by atoms with E-state index in [9.17, 15) is 14.7 Å². The number of para-hydroxylation sites is 1. The molecule has 2 N–H and O–H groups in total. The van der Waals surface area contributed by atoms with Crippen LogP contribution in [0.25, 0.3) is 0 Å². The maximum absolute atomic E-state index is 12.7. The summed E-state index contributed by atoms with van der Waals surface area (Å²) in [5.74, 6) is -0.987. The minimum Gasteiger partial charge on any atom is -0.493 e. The summed E-state index contributed by atoms with van der Waals surface area (Å²) in [5.41, 5.74) is 1.65. The van der Waals surface area contributed by atoms with Gasteiger partial charge in [0, 0.05) is 23.4 Å². The van der Waals surface area contributed by atoms with Gasteiger partial charge in [0.05, 0.1) is 12.5 Å². The maximum atomic E-state index is 12.7. The van der Waals surface area contributed by atoms with Crippen molar-refractivity contribution in [1.82, 2.24) is 5.32 Å². The Morgan fingerprint density at radius 3 is 2.65 bits per heavy atom. The van der Waals surface area contributed by atoms with Crippen LogP contribution in [0.15, 0.2) is 54.6 Å². The summed E-state index contributed by atoms with van der Waals surface area (Å²) in [6, 6.07) is 16.9. The fourth-order valence-corrected chi connectivity index (χ4v) is 4.06. The van der Waals surface area contributed by atoms with E-state index in [1.807, 2.05) is 42.5 Å². The number of amides is 1. The number of carbonyl (C=O) groups is 2. The number of hydrogen-bond acceptors (Lipinski definition) is 3. The van der Waals surface area contributed by atoms with Gasteiger partial charge in [0.25, 0.3) is 0 Å². The number of carbonyl (C=O) groups excluding carboxylic acids is 1. The van der Waals surface area contributed by atoms with E-state index in [0.29, 0.717) is 12.2 Å². The molecule has 2 aromatic carbocycles. The van der Waals surface area contributed by atoms with Gasteiger partial charge in [0.1, 0.15) is 5.75 Å². The number of rotatable bonds is 5. The second-order valence-corrected chi connectivity index (χ2v) is 7.05. The molecule has 2 aliphatic rings. The second-order valence-electron chi connectivity index (χ2n) is 7.05. The number of carboxylic acid groups (broad SMARTS) is 1. The molecule has 26 heavy (non-hydrogen) atoms. The van der Waals surface area contributed by atoms with Gasteiger partial charge in [-0.3, -0.25) is 9.59 Å². The summed E-state index contributed by atoms with van der Waals surface area (Å²) in [6.07, 6.45) is 1.62. The van der Waals surface area contributed by atoms with Gasteiger partial charge in [0.15, 0.2) is 0 Å². The molecule has 1 heterocycles. The zero-order valence-corrected chi connectivity index (χ0v) is 14.4. The summed E-state index contributed by atoms with van der Waals surface area (Å²) in [7, 11) is 0. The molecule has 1 spiro atoms. The maximum Gasteiger partial charge on any atom is 0.312 e. The number of ether oxygens (including phenoxy) is 1. The summed E-state index contributed by atoms with van der Waals surface area (Å²) < 4.78 is 5.71. The SMILES string of the molecule is O=C(O)C(CNC(=O)[C@@H]1C[C@]12CCOc1ccccc12)c1ccccc1. The molecule has 2 aromatic rings. The molecule has 1 aliphatic carbocycles. The molecule has 0 saturated heterocycles. The Balaban J connectivity index is 1.45. The molecule has 0 aromatic heterocycles. The second kappa shape index (κ2) is 6.48. The lowest BCUT2D eigenvalue weighted by molar-refractivity contribution is -0.138. The fourth-order valence-electron chi connectivity index (χ4n) is 4.06. The third-order valence-corrected chi connectivity index (χ3v) is 5.60. The molecule has 1 unspecified atom stereocenters. The van der Waals surface area contributed by atoms with Crippen molar-refractivity contribution in [2.75, 3.05) is 13.2 Å². The van der Waals surface area contributed by atoms with Crippen LogP contribution in [0, 0.1) is 5.92 Å². The topological polar surface area (TPSA) is 75.6 Å². The molecule has 5 nitrogen and oxygen atoms in total. The van der Waals surface area contributed by atoms with Crippen LogP contribution in [0.4, 0.5) is 0 Å². The van der Waals surface area contributed by atoms with Crippen LogP contribution < -0.4 is 10.1 Å². The van der Waals surface area contributed by atoms with Crippen molar-refractivity contribution < 1.29 is 19.4 Å². The number of aliphatic carboxylic acids is 1. The van der Waals surface area contributed by atoms with Crippen LogP contribution in [0.2, 0.25) is 0 Å². The zero-order valence-electron chi connectivity index (χ0n) is 14.4. The average Bonchev–Trinajstić information content (AvgIpc) is 3.37. The first-order valence-electron chi connectivity index (χ1n) is 8.89. The summed E-state index contributed by atoms with van der Waals surface area (Å²) >= 11 is 0. The monoisotopic (exact) mass is 351 g/mol. The van der Waals surface area contributed by atoms with Crippen LogP contribution in [0.5, 0.6) is 5.75 Å².